The summed E-state index contributed by atoms with van der Waals surface area (Å²) in [5.41, 5.74) is 7.85. The van der Waals surface area contributed by atoms with Crippen molar-refractivity contribution in [3.8, 4) is 11.5 Å². The Bertz CT molecular complexity index is 1040. The van der Waals surface area contributed by atoms with Crippen molar-refractivity contribution >= 4 is 39.4 Å². The molecule has 0 saturated heterocycles. The predicted octanol–water partition coefficient (Wildman–Crippen LogP) is 5.88. The van der Waals surface area contributed by atoms with Gasteiger partial charge in [-0.3, -0.25) is 5.43 Å². The second-order valence-corrected chi connectivity index (χ2v) is 8.92. The predicted molar refractivity (Wildman–Crippen MR) is 128 cm³/mol. The number of thioether (sulfide) groups is 1. The average molecular weight is 516 g/mol. The first-order chi connectivity index (χ1) is 14.2. The van der Waals surface area contributed by atoms with Crippen molar-refractivity contribution in [2.45, 2.75) is 18.9 Å². The summed E-state index contributed by atoms with van der Waals surface area (Å²) in [6.07, 6.45) is 0. The molecule has 0 fully saturated rings. The Morgan fingerprint density at radius 2 is 1.83 bits per heavy atom. The van der Waals surface area contributed by atoms with E-state index in [1.165, 1.54) is 11.1 Å². The Morgan fingerprint density at radius 3 is 2.59 bits per heavy atom. The highest BCUT2D eigenvalue weighted by molar-refractivity contribution is 14.1. The fraction of sp³-hybridized carbons (Fsp3) is 0.174. The molecule has 3 aromatic rings. The van der Waals surface area contributed by atoms with E-state index >= 15 is 0 Å². The van der Waals surface area contributed by atoms with Crippen LogP contribution in [0.25, 0.3) is 0 Å². The molecule has 29 heavy (non-hydrogen) atoms. The lowest BCUT2D eigenvalue weighted by Gasteiger charge is -2.17. The molecule has 4 nitrogen and oxygen atoms in total. The van der Waals surface area contributed by atoms with Crippen LogP contribution in [0.1, 0.15) is 27.6 Å². The number of ether oxygens (including phenoxy) is 2. The number of methoxy groups -OCH3 is 1. The molecule has 1 aliphatic heterocycles. The van der Waals surface area contributed by atoms with E-state index < -0.39 is 0 Å². The van der Waals surface area contributed by atoms with Gasteiger partial charge >= 0.3 is 0 Å². The standard InChI is InChI=1S/C23H21IN2O2S/c1-15-8-6-7-11-17(15)14-28-21-19(24)12-18(13-20(21)27-2)23-26-25-22(29-23)16-9-4-3-5-10-16/h3-13,23,26H,14H2,1-2H3/t23-/m0/s1. The summed E-state index contributed by atoms with van der Waals surface area (Å²) in [7, 11) is 1.68. The molecule has 0 aliphatic carbocycles. The molecule has 0 unspecified atom stereocenters. The van der Waals surface area contributed by atoms with Gasteiger partial charge in [0.1, 0.15) is 17.0 Å². The van der Waals surface area contributed by atoms with Gasteiger partial charge in [-0.15, -0.1) is 0 Å². The van der Waals surface area contributed by atoms with Crippen LogP contribution in [-0.2, 0) is 6.61 Å². The third-order valence-corrected chi connectivity index (χ3v) is 6.69. The van der Waals surface area contributed by atoms with Crippen molar-refractivity contribution < 1.29 is 9.47 Å². The van der Waals surface area contributed by atoms with Crippen LogP contribution in [0.2, 0.25) is 0 Å². The lowest BCUT2D eigenvalue weighted by molar-refractivity contribution is 0.281. The zero-order valence-electron chi connectivity index (χ0n) is 16.2. The number of hydrazone groups is 1. The summed E-state index contributed by atoms with van der Waals surface area (Å²) in [4.78, 5) is 0. The molecule has 0 amide bonds. The summed E-state index contributed by atoms with van der Waals surface area (Å²) in [6.45, 7) is 2.60. The van der Waals surface area contributed by atoms with Crippen molar-refractivity contribution in [1.29, 1.82) is 0 Å². The summed E-state index contributed by atoms with van der Waals surface area (Å²) in [5, 5.41) is 5.54. The molecule has 3 aromatic carbocycles. The van der Waals surface area contributed by atoms with Crippen LogP contribution in [0.15, 0.2) is 71.8 Å². The molecule has 148 valence electrons. The SMILES string of the molecule is COc1cc([C@H]2NN=C(c3ccccc3)S2)cc(I)c1OCc1ccccc1C. The topological polar surface area (TPSA) is 42.8 Å². The van der Waals surface area contributed by atoms with Crippen molar-refractivity contribution in [1.82, 2.24) is 5.43 Å². The largest absolute Gasteiger partial charge is 0.493 e. The monoisotopic (exact) mass is 516 g/mol. The number of halogens is 1. The molecule has 4 rings (SSSR count). The summed E-state index contributed by atoms with van der Waals surface area (Å²) < 4.78 is 12.8. The Hall–Kier alpha value is -2.19. The Kier molecular flexibility index (Phi) is 6.30. The second kappa shape index (κ2) is 9.09. The number of nitrogens with zero attached hydrogens (tertiary/aromatic N) is 1. The van der Waals surface area contributed by atoms with Gasteiger partial charge in [0, 0.05) is 5.56 Å². The van der Waals surface area contributed by atoms with E-state index in [1.807, 2.05) is 36.4 Å². The average Bonchev–Trinajstić information content (AvgIpc) is 3.24. The van der Waals surface area contributed by atoms with E-state index in [9.17, 15) is 0 Å². The molecule has 0 bridgehead atoms. The van der Waals surface area contributed by atoms with E-state index in [-0.39, 0.29) is 5.37 Å². The number of hydrogen-bond acceptors (Lipinski definition) is 5. The summed E-state index contributed by atoms with van der Waals surface area (Å²) in [6, 6.07) is 22.6. The molecule has 0 radical (unpaired) electrons. The van der Waals surface area contributed by atoms with E-state index in [1.54, 1.807) is 18.9 Å². The van der Waals surface area contributed by atoms with Crippen LogP contribution in [0.4, 0.5) is 0 Å². The fourth-order valence-electron chi connectivity index (χ4n) is 3.09. The van der Waals surface area contributed by atoms with Crippen LogP contribution in [0.3, 0.4) is 0 Å². The first kappa shape index (κ1) is 20.1. The first-order valence-corrected chi connectivity index (χ1v) is 11.2. The number of nitrogens with one attached hydrogen (secondary N) is 1. The summed E-state index contributed by atoms with van der Waals surface area (Å²) >= 11 is 4.01. The highest BCUT2D eigenvalue weighted by atomic mass is 127. The van der Waals surface area contributed by atoms with E-state index in [0.29, 0.717) is 6.61 Å². The minimum atomic E-state index is 0.0399. The molecule has 1 N–H and O–H groups in total. The van der Waals surface area contributed by atoms with Gasteiger partial charge in [0.15, 0.2) is 11.5 Å². The van der Waals surface area contributed by atoms with Gasteiger partial charge in [-0.05, 0) is 58.3 Å². The molecule has 1 atom stereocenters. The van der Waals surface area contributed by atoms with E-state index in [4.69, 9.17) is 9.47 Å². The van der Waals surface area contributed by atoms with Crippen LogP contribution in [0.5, 0.6) is 11.5 Å². The quantitative estimate of drug-likeness (QED) is 0.416. The van der Waals surface area contributed by atoms with E-state index in [0.717, 1.165) is 31.2 Å². The molecule has 0 aromatic heterocycles. The van der Waals surface area contributed by atoms with Crippen molar-refractivity contribution in [2.75, 3.05) is 7.11 Å². The van der Waals surface area contributed by atoms with Crippen LogP contribution < -0.4 is 14.9 Å². The van der Waals surface area contributed by atoms with E-state index in [2.05, 4.69) is 70.4 Å². The van der Waals surface area contributed by atoms with Crippen LogP contribution in [0, 0.1) is 10.5 Å². The number of aryl methyl sites for hydroxylation is 1. The lowest BCUT2D eigenvalue weighted by Crippen LogP contribution is -2.08. The number of rotatable bonds is 6. The van der Waals surface area contributed by atoms with Gasteiger partial charge in [-0.25, -0.2) is 0 Å². The number of benzene rings is 3. The first-order valence-electron chi connectivity index (χ1n) is 9.25. The van der Waals surface area contributed by atoms with Crippen LogP contribution >= 0.6 is 34.4 Å². The number of hydrogen-bond donors (Lipinski definition) is 1. The van der Waals surface area contributed by atoms with Crippen molar-refractivity contribution in [3.63, 3.8) is 0 Å². The lowest BCUT2D eigenvalue weighted by atomic mass is 10.1. The van der Waals surface area contributed by atoms with Gasteiger partial charge in [0.05, 0.1) is 10.7 Å². The molecular formula is C23H21IN2O2S. The third kappa shape index (κ3) is 4.53. The fourth-order valence-corrected chi connectivity index (χ4v) is 4.85. The Labute approximate surface area is 188 Å². The minimum absolute atomic E-state index is 0.0399. The molecule has 1 aliphatic rings. The molecule has 0 saturated carbocycles. The van der Waals surface area contributed by atoms with Crippen LogP contribution in [-0.4, -0.2) is 12.2 Å². The van der Waals surface area contributed by atoms with Gasteiger partial charge in [0.2, 0.25) is 0 Å². The van der Waals surface area contributed by atoms with Crippen molar-refractivity contribution in [2.24, 2.45) is 5.10 Å². The molecular weight excluding hydrogens is 495 g/mol. The minimum Gasteiger partial charge on any atom is -0.493 e. The Morgan fingerprint density at radius 1 is 1.07 bits per heavy atom. The highest BCUT2D eigenvalue weighted by Crippen LogP contribution is 2.41. The van der Waals surface area contributed by atoms with Gasteiger partial charge in [0.25, 0.3) is 0 Å². The van der Waals surface area contributed by atoms with Gasteiger partial charge < -0.3 is 9.47 Å². The zero-order valence-corrected chi connectivity index (χ0v) is 19.2. The molecule has 6 heteroatoms. The Balaban J connectivity index is 1.52. The highest BCUT2D eigenvalue weighted by Gasteiger charge is 2.24. The summed E-state index contributed by atoms with van der Waals surface area (Å²) in [5.74, 6) is 1.50. The van der Waals surface area contributed by atoms with Crippen molar-refractivity contribution in [3.05, 3.63) is 92.6 Å². The maximum atomic E-state index is 6.15. The maximum absolute atomic E-state index is 6.15. The zero-order chi connectivity index (χ0) is 20.2. The smallest absolute Gasteiger partial charge is 0.174 e. The molecule has 0 spiro atoms. The molecule has 1 heterocycles. The second-order valence-electron chi connectivity index (χ2n) is 6.66. The normalized spacial score (nSPS) is 15.6. The van der Waals surface area contributed by atoms with Gasteiger partial charge in [-0.1, -0.05) is 66.4 Å². The van der Waals surface area contributed by atoms with Gasteiger partial charge in [-0.2, -0.15) is 5.10 Å². The third-order valence-electron chi connectivity index (χ3n) is 4.72. The maximum Gasteiger partial charge on any atom is 0.174 e.